The Balaban J connectivity index is 0.00000161. The third-order valence-electron chi connectivity index (χ3n) is 3.21. The lowest BCUT2D eigenvalue weighted by Crippen LogP contribution is -2.06. The Bertz CT molecular complexity index is 621. The standard InChI is InChI=1S/C17H17N3.ClH/c1-18-12-15-19-16(13-8-4-2-5-9-13)17(20-15)14-10-6-3-7-11-14;/h2-11,18H,12H2,1H3,(H,19,20);1H. The minimum atomic E-state index is 0. The molecule has 3 aromatic rings. The van der Waals surface area contributed by atoms with Crippen molar-refractivity contribution in [2.24, 2.45) is 0 Å². The van der Waals surface area contributed by atoms with Gasteiger partial charge in [0.05, 0.1) is 17.9 Å². The highest BCUT2D eigenvalue weighted by Gasteiger charge is 2.13. The van der Waals surface area contributed by atoms with E-state index >= 15 is 0 Å². The molecule has 0 atom stereocenters. The van der Waals surface area contributed by atoms with E-state index in [9.17, 15) is 0 Å². The van der Waals surface area contributed by atoms with Crippen LogP contribution < -0.4 is 5.32 Å². The molecule has 108 valence electrons. The smallest absolute Gasteiger partial charge is 0.121 e. The molecular weight excluding hydrogens is 282 g/mol. The topological polar surface area (TPSA) is 40.7 Å². The molecule has 0 aliphatic carbocycles. The van der Waals surface area contributed by atoms with Crippen molar-refractivity contribution in [2.75, 3.05) is 7.05 Å². The first kappa shape index (κ1) is 15.3. The summed E-state index contributed by atoms with van der Waals surface area (Å²) in [5, 5.41) is 3.13. The predicted molar refractivity (Wildman–Crippen MR) is 89.5 cm³/mol. The first-order valence-corrected chi connectivity index (χ1v) is 6.73. The van der Waals surface area contributed by atoms with Crippen molar-refractivity contribution in [3.8, 4) is 22.5 Å². The van der Waals surface area contributed by atoms with Crippen molar-refractivity contribution in [3.05, 3.63) is 66.5 Å². The van der Waals surface area contributed by atoms with E-state index in [0.29, 0.717) is 0 Å². The first-order valence-electron chi connectivity index (χ1n) is 6.73. The monoisotopic (exact) mass is 299 g/mol. The molecule has 0 amide bonds. The number of rotatable bonds is 4. The molecule has 0 aliphatic heterocycles. The largest absolute Gasteiger partial charge is 0.340 e. The second kappa shape index (κ2) is 7.07. The zero-order valence-electron chi connectivity index (χ0n) is 11.8. The second-order valence-electron chi connectivity index (χ2n) is 4.67. The predicted octanol–water partition coefficient (Wildman–Crippen LogP) is 3.88. The van der Waals surface area contributed by atoms with Crippen LogP contribution in [0, 0.1) is 0 Å². The van der Waals surface area contributed by atoms with Gasteiger partial charge in [-0.25, -0.2) is 4.98 Å². The summed E-state index contributed by atoms with van der Waals surface area (Å²) in [5.41, 5.74) is 4.36. The Labute approximate surface area is 130 Å². The van der Waals surface area contributed by atoms with Crippen LogP contribution in [0.5, 0.6) is 0 Å². The molecular formula is C17H18ClN3. The quantitative estimate of drug-likeness (QED) is 0.767. The van der Waals surface area contributed by atoms with E-state index in [0.717, 1.165) is 34.9 Å². The number of halogens is 1. The van der Waals surface area contributed by atoms with Crippen LogP contribution in [0.15, 0.2) is 60.7 Å². The van der Waals surface area contributed by atoms with Crippen LogP contribution in [-0.4, -0.2) is 17.0 Å². The molecule has 0 radical (unpaired) electrons. The number of nitrogens with one attached hydrogen (secondary N) is 2. The minimum Gasteiger partial charge on any atom is -0.340 e. The zero-order chi connectivity index (χ0) is 13.8. The molecule has 0 fully saturated rings. The Morgan fingerprint density at radius 3 is 2.05 bits per heavy atom. The summed E-state index contributed by atoms with van der Waals surface area (Å²) in [7, 11) is 1.92. The van der Waals surface area contributed by atoms with Crippen molar-refractivity contribution in [1.82, 2.24) is 15.3 Å². The Hall–Kier alpha value is -2.10. The van der Waals surface area contributed by atoms with Gasteiger partial charge in [-0.3, -0.25) is 0 Å². The molecule has 0 saturated heterocycles. The van der Waals surface area contributed by atoms with Gasteiger partial charge < -0.3 is 10.3 Å². The van der Waals surface area contributed by atoms with Gasteiger partial charge in [-0.2, -0.15) is 0 Å². The summed E-state index contributed by atoms with van der Waals surface area (Å²) in [6, 6.07) is 20.6. The average molecular weight is 300 g/mol. The van der Waals surface area contributed by atoms with Crippen LogP contribution in [0.1, 0.15) is 5.82 Å². The van der Waals surface area contributed by atoms with E-state index in [1.165, 1.54) is 0 Å². The maximum absolute atomic E-state index is 4.73. The SMILES string of the molecule is CNCc1nc(-c2ccccc2)c(-c2ccccc2)[nH]1.Cl. The molecule has 2 N–H and O–H groups in total. The Morgan fingerprint density at radius 2 is 1.48 bits per heavy atom. The van der Waals surface area contributed by atoms with Crippen LogP contribution in [0.25, 0.3) is 22.5 Å². The summed E-state index contributed by atoms with van der Waals surface area (Å²) in [4.78, 5) is 8.15. The second-order valence-corrected chi connectivity index (χ2v) is 4.67. The Kier molecular flexibility index (Phi) is 5.14. The van der Waals surface area contributed by atoms with Crippen LogP contribution in [0.3, 0.4) is 0 Å². The molecule has 2 aromatic carbocycles. The van der Waals surface area contributed by atoms with Gasteiger partial charge >= 0.3 is 0 Å². The van der Waals surface area contributed by atoms with Crippen LogP contribution in [0.2, 0.25) is 0 Å². The van der Waals surface area contributed by atoms with Crippen molar-refractivity contribution >= 4 is 12.4 Å². The normalized spacial score (nSPS) is 10.1. The van der Waals surface area contributed by atoms with E-state index in [-0.39, 0.29) is 12.4 Å². The van der Waals surface area contributed by atoms with Gasteiger partial charge in [0, 0.05) is 11.1 Å². The fourth-order valence-corrected chi connectivity index (χ4v) is 2.29. The molecule has 1 heterocycles. The number of nitrogens with zero attached hydrogens (tertiary/aromatic N) is 1. The summed E-state index contributed by atoms with van der Waals surface area (Å²) >= 11 is 0. The van der Waals surface area contributed by atoms with Gasteiger partial charge in [-0.05, 0) is 7.05 Å². The number of benzene rings is 2. The van der Waals surface area contributed by atoms with Gasteiger partial charge in [0.25, 0.3) is 0 Å². The highest BCUT2D eigenvalue weighted by molar-refractivity contribution is 5.85. The van der Waals surface area contributed by atoms with Gasteiger partial charge in [-0.1, -0.05) is 60.7 Å². The lowest BCUT2D eigenvalue weighted by molar-refractivity contribution is 0.773. The maximum atomic E-state index is 4.73. The zero-order valence-corrected chi connectivity index (χ0v) is 12.7. The minimum absolute atomic E-state index is 0. The first-order chi connectivity index (χ1) is 9.88. The number of hydrogen-bond acceptors (Lipinski definition) is 2. The fourth-order valence-electron chi connectivity index (χ4n) is 2.29. The number of hydrogen-bond donors (Lipinski definition) is 2. The van der Waals surface area contributed by atoms with Crippen LogP contribution >= 0.6 is 12.4 Å². The van der Waals surface area contributed by atoms with Crippen LogP contribution in [0.4, 0.5) is 0 Å². The van der Waals surface area contributed by atoms with Gasteiger partial charge in [0.1, 0.15) is 5.82 Å². The highest BCUT2D eigenvalue weighted by Crippen LogP contribution is 2.29. The number of imidazole rings is 1. The molecule has 3 rings (SSSR count). The molecule has 0 spiro atoms. The van der Waals surface area contributed by atoms with Gasteiger partial charge in [-0.15, -0.1) is 12.4 Å². The number of aromatic amines is 1. The van der Waals surface area contributed by atoms with E-state index in [1.807, 2.05) is 43.4 Å². The number of aromatic nitrogens is 2. The van der Waals surface area contributed by atoms with E-state index in [2.05, 4.69) is 34.6 Å². The fraction of sp³-hybridized carbons (Fsp3) is 0.118. The third-order valence-corrected chi connectivity index (χ3v) is 3.21. The summed E-state index contributed by atoms with van der Waals surface area (Å²) < 4.78 is 0. The molecule has 0 bridgehead atoms. The molecule has 21 heavy (non-hydrogen) atoms. The van der Waals surface area contributed by atoms with Crippen molar-refractivity contribution < 1.29 is 0 Å². The molecule has 3 nitrogen and oxygen atoms in total. The molecule has 0 unspecified atom stereocenters. The van der Waals surface area contributed by atoms with Crippen molar-refractivity contribution in [2.45, 2.75) is 6.54 Å². The van der Waals surface area contributed by atoms with Crippen molar-refractivity contribution in [3.63, 3.8) is 0 Å². The molecule has 1 aromatic heterocycles. The third kappa shape index (κ3) is 3.32. The average Bonchev–Trinajstić information content (AvgIpc) is 2.93. The van der Waals surface area contributed by atoms with Gasteiger partial charge in [0.15, 0.2) is 0 Å². The lowest BCUT2D eigenvalue weighted by atomic mass is 10.1. The lowest BCUT2D eigenvalue weighted by Gasteiger charge is -2.02. The Morgan fingerprint density at radius 1 is 0.905 bits per heavy atom. The van der Waals surface area contributed by atoms with E-state index in [1.54, 1.807) is 0 Å². The molecule has 4 heteroatoms. The van der Waals surface area contributed by atoms with Gasteiger partial charge in [0.2, 0.25) is 0 Å². The number of H-pyrrole nitrogens is 1. The summed E-state index contributed by atoms with van der Waals surface area (Å²) in [5.74, 6) is 0.949. The van der Waals surface area contributed by atoms with Crippen molar-refractivity contribution in [1.29, 1.82) is 0 Å². The summed E-state index contributed by atoms with van der Waals surface area (Å²) in [6.07, 6.45) is 0. The van der Waals surface area contributed by atoms with E-state index in [4.69, 9.17) is 4.98 Å². The maximum Gasteiger partial charge on any atom is 0.121 e. The highest BCUT2D eigenvalue weighted by atomic mass is 35.5. The van der Waals surface area contributed by atoms with E-state index < -0.39 is 0 Å². The van der Waals surface area contributed by atoms with Crippen LogP contribution in [-0.2, 0) is 6.54 Å². The molecule has 0 saturated carbocycles. The summed E-state index contributed by atoms with van der Waals surface area (Å²) in [6.45, 7) is 0.729. The molecule has 0 aliphatic rings.